The first-order valence-corrected chi connectivity index (χ1v) is 2.96. The lowest BCUT2D eigenvalue weighted by molar-refractivity contribution is -0.385. The van der Waals surface area contributed by atoms with E-state index in [0.717, 1.165) is 0 Å². The molecule has 0 radical (unpaired) electrons. The number of pyridine rings is 1. The summed E-state index contributed by atoms with van der Waals surface area (Å²) >= 11 is 0. The summed E-state index contributed by atoms with van der Waals surface area (Å²) in [6.07, 6.45) is 4.23. The summed E-state index contributed by atoms with van der Waals surface area (Å²) in [5, 5.41) is 10.2. The average Bonchev–Trinajstić information content (AvgIpc) is 2.05. The molecule has 1 heterocycles. The number of hydrogen-bond donors (Lipinski definition) is 0. The Balaban J connectivity index is 3.10. The first-order chi connectivity index (χ1) is 5.24. The molecular formula is C7H6N2O2. The minimum absolute atomic E-state index is 0.0117. The Bertz CT molecular complexity index is 296. The summed E-state index contributed by atoms with van der Waals surface area (Å²) in [5.74, 6) is 0. The fraction of sp³-hybridized carbons (Fsp3) is 0. The second-order valence-corrected chi connectivity index (χ2v) is 1.94. The Morgan fingerprint density at radius 1 is 1.64 bits per heavy atom. The van der Waals surface area contributed by atoms with E-state index in [1.807, 2.05) is 0 Å². The number of hydrogen-bond acceptors (Lipinski definition) is 3. The van der Waals surface area contributed by atoms with Crippen molar-refractivity contribution >= 4 is 11.8 Å². The highest BCUT2D eigenvalue weighted by Crippen LogP contribution is 2.10. The van der Waals surface area contributed by atoms with Crippen molar-refractivity contribution in [3.8, 4) is 0 Å². The van der Waals surface area contributed by atoms with E-state index in [1.165, 1.54) is 24.5 Å². The maximum atomic E-state index is 10.2. The van der Waals surface area contributed by atoms with Crippen molar-refractivity contribution < 1.29 is 4.92 Å². The standard InChI is InChI=1S/C7H6N2O2/c1-2-6-3-7(9(10)11)5-8-4-6/h2-5H,1H2. The van der Waals surface area contributed by atoms with Gasteiger partial charge in [-0.1, -0.05) is 12.7 Å². The van der Waals surface area contributed by atoms with Gasteiger partial charge in [0, 0.05) is 12.3 Å². The van der Waals surface area contributed by atoms with E-state index < -0.39 is 4.92 Å². The predicted molar refractivity (Wildman–Crippen MR) is 41.0 cm³/mol. The highest BCUT2D eigenvalue weighted by Gasteiger charge is 2.03. The maximum Gasteiger partial charge on any atom is 0.288 e. The maximum absolute atomic E-state index is 10.2. The lowest BCUT2D eigenvalue weighted by Gasteiger charge is -1.91. The third kappa shape index (κ3) is 1.61. The van der Waals surface area contributed by atoms with Gasteiger partial charge in [-0.2, -0.15) is 0 Å². The van der Waals surface area contributed by atoms with Crippen molar-refractivity contribution in [1.29, 1.82) is 0 Å². The molecule has 0 fully saturated rings. The van der Waals surface area contributed by atoms with E-state index in [4.69, 9.17) is 0 Å². The quantitative estimate of drug-likeness (QED) is 0.475. The van der Waals surface area contributed by atoms with Crippen molar-refractivity contribution in [3.05, 3.63) is 40.7 Å². The van der Waals surface area contributed by atoms with Crippen LogP contribution in [0.1, 0.15) is 5.56 Å². The molecule has 0 aromatic carbocycles. The van der Waals surface area contributed by atoms with Gasteiger partial charge in [0.2, 0.25) is 0 Å². The van der Waals surface area contributed by atoms with Crippen molar-refractivity contribution in [2.75, 3.05) is 0 Å². The monoisotopic (exact) mass is 150 g/mol. The van der Waals surface area contributed by atoms with Crippen LogP contribution >= 0.6 is 0 Å². The zero-order valence-corrected chi connectivity index (χ0v) is 5.73. The molecule has 1 aromatic rings. The molecule has 0 N–H and O–H groups in total. The molecule has 0 saturated carbocycles. The van der Waals surface area contributed by atoms with Gasteiger partial charge in [0.25, 0.3) is 5.69 Å². The van der Waals surface area contributed by atoms with Gasteiger partial charge >= 0.3 is 0 Å². The van der Waals surface area contributed by atoms with Crippen LogP contribution in [0.2, 0.25) is 0 Å². The fourth-order valence-electron chi connectivity index (χ4n) is 0.656. The van der Waals surface area contributed by atoms with E-state index in [2.05, 4.69) is 11.6 Å². The third-order valence-corrected chi connectivity index (χ3v) is 1.19. The topological polar surface area (TPSA) is 56.0 Å². The SMILES string of the molecule is C=Cc1cncc([N+](=O)[O-])c1. The second-order valence-electron chi connectivity index (χ2n) is 1.94. The summed E-state index contributed by atoms with van der Waals surface area (Å²) in [4.78, 5) is 13.4. The molecule has 0 aliphatic carbocycles. The third-order valence-electron chi connectivity index (χ3n) is 1.19. The molecule has 4 nitrogen and oxygen atoms in total. The van der Waals surface area contributed by atoms with Crippen LogP contribution < -0.4 is 0 Å². The molecule has 0 amide bonds. The predicted octanol–water partition coefficient (Wildman–Crippen LogP) is 1.63. The number of rotatable bonds is 2. The molecule has 11 heavy (non-hydrogen) atoms. The fourth-order valence-corrected chi connectivity index (χ4v) is 0.656. The van der Waals surface area contributed by atoms with Crippen LogP contribution in [0.15, 0.2) is 25.0 Å². The van der Waals surface area contributed by atoms with Gasteiger partial charge in [-0.05, 0) is 5.56 Å². The summed E-state index contributed by atoms with van der Waals surface area (Å²) in [7, 11) is 0. The van der Waals surface area contributed by atoms with Crippen LogP contribution in [0.4, 0.5) is 5.69 Å². The van der Waals surface area contributed by atoms with Crippen LogP contribution in [0.3, 0.4) is 0 Å². The molecule has 0 atom stereocenters. The van der Waals surface area contributed by atoms with Crippen molar-refractivity contribution in [3.63, 3.8) is 0 Å². The first kappa shape index (κ1) is 7.40. The molecule has 0 unspecified atom stereocenters. The lowest BCUT2D eigenvalue weighted by atomic mass is 10.3. The Morgan fingerprint density at radius 2 is 2.36 bits per heavy atom. The molecular weight excluding hydrogens is 144 g/mol. The van der Waals surface area contributed by atoms with Gasteiger partial charge < -0.3 is 0 Å². The van der Waals surface area contributed by atoms with Crippen molar-refractivity contribution in [2.45, 2.75) is 0 Å². The molecule has 0 bridgehead atoms. The largest absolute Gasteiger partial charge is 0.288 e. The molecule has 0 aliphatic rings. The van der Waals surface area contributed by atoms with Gasteiger partial charge in [0.15, 0.2) is 0 Å². The molecule has 0 saturated heterocycles. The van der Waals surface area contributed by atoms with Crippen LogP contribution in [0, 0.1) is 10.1 Å². The molecule has 1 aromatic heterocycles. The van der Waals surface area contributed by atoms with E-state index in [1.54, 1.807) is 0 Å². The minimum atomic E-state index is -0.486. The Kier molecular flexibility index (Phi) is 1.96. The number of nitro groups is 1. The van der Waals surface area contributed by atoms with Crippen LogP contribution in [-0.2, 0) is 0 Å². The van der Waals surface area contributed by atoms with Crippen molar-refractivity contribution in [1.82, 2.24) is 4.98 Å². The average molecular weight is 150 g/mol. The van der Waals surface area contributed by atoms with Crippen molar-refractivity contribution in [2.24, 2.45) is 0 Å². The number of aromatic nitrogens is 1. The van der Waals surface area contributed by atoms with Gasteiger partial charge in [-0.3, -0.25) is 15.1 Å². The normalized spacial score (nSPS) is 9.09. The van der Waals surface area contributed by atoms with Gasteiger partial charge in [0.1, 0.15) is 6.20 Å². The smallest absolute Gasteiger partial charge is 0.258 e. The van der Waals surface area contributed by atoms with Crippen LogP contribution in [-0.4, -0.2) is 9.91 Å². The van der Waals surface area contributed by atoms with Crippen LogP contribution in [0.5, 0.6) is 0 Å². The summed E-state index contributed by atoms with van der Waals surface area (Å²) < 4.78 is 0. The summed E-state index contributed by atoms with van der Waals surface area (Å²) in [6.45, 7) is 3.47. The van der Waals surface area contributed by atoms with E-state index in [0.29, 0.717) is 5.56 Å². The minimum Gasteiger partial charge on any atom is -0.258 e. The number of nitrogens with zero attached hydrogens (tertiary/aromatic N) is 2. The summed E-state index contributed by atoms with van der Waals surface area (Å²) in [5.41, 5.74) is 0.640. The molecule has 0 spiro atoms. The Labute approximate surface area is 63.3 Å². The van der Waals surface area contributed by atoms with Gasteiger partial charge in [-0.15, -0.1) is 0 Å². The molecule has 0 aliphatic heterocycles. The molecule has 56 valence electrons. The molecule has 4 heteroatoms. The second kappa shape index (κ2) is 2.92. The zero-order valence-electron chi connectivity index (χ0n) is 5.73. The van der Waals surface area contributed by atoms with Gasteiger partial charge in [-0.25, -0.2) is 0 Å². The lowest BCUT2D eigenvalue weighted by Crippen LogP contribution is -1.88. The van der Waals surface area contributed by atoms with E-state index in [9.17, 15) is 10.1 Å². The highest BCUT2D eigenvalue weighted by atomic mass is 16.6. The molecule has 1 rings (SSSR count). The van der Waals surface area contributed by atoms with Gasteiger partial charge in [0.05, 0.1) is 4.92 Å². The highest BCUT2D eigenvalue weighted by molar-refractivity contribution is 5.49. The summed E-state index contributed by atoms with van der Waals surface area (Å²) in [6, 6.07) is 1.42. The Hall–Kier alpha value is -1.71. The van der Waals surface area contributed by atoms with E-state index in [-0.39, 0.29) is 5.69 Å². The first-order valence-electron chi connectivity index (χ1n) is 2.96. The van der Waals surface area contributed by atoms with Crippen LogP contribution in [0.25, 0.3) is 6.08 Å². The Morgan fingerprint density at radius 3 is 2.91 bits per heavy atom. The van der Waals surface area contributed by atoms with E-state index >= 15 is 0 Å². The zero-order chi connectivity index (χ0) is 8.27.